The van der Waals surface area contributed by atoms with Gasteiger partial charge in [-0.05, 0) is 50.6 Å². The Hall–Kier alpha value is -2.41. The van der Waals surface area contributed by atoms with Crippen LogP contribution in [0.1, 0.15) is 44.6 Å². The molecule has 3 rings (SSSR count). The lowest BCUT2D eigenvalue weighted by Gasteiger charge is -2.16. The first-order valence-corrected chi connectivity index (χ1v) is 10.2. The molecule has 0 saturated carbocycles. The number of benzene rings is 1. The molecular formula is C19H21NO5S. The fraction of sp³-hybridized carbons (Fsp3) is 0.368. The van der Waals surface area contributed by atoms with E-state index in [0.29, 0.717) is 23.3 Å². The Kier molecular flexibility index (Phi) is 5.00. The monoisotopic (exact) mass is 375 g/mol. The molecule has 1 atom stereocenters. The number of aldehydes is 1. The Labute approximate surface area is 152 Å². The molecule has 2 aromatic rings. The first-order valence-electron chi connectivity index (χ1n) is 8.41. The highest BCUT2D eigenvalue weighted by molar-refractivity contribution is 7.91. The van der Waals surface area contributed by atoms with Crippen LogP contribution >= 0.6 is 0 Å². The highest BCUT2D eigenvalue weighted by Gasteiger charge is 2.31. The minimum absolute atomic E-state index is 0.113. The molecule has 0 radical (unpaired) electrons. The molecule has 1 aromatic carbocycles. The number of carbonyl (C=O) groups is 2. The van der Waals surface area contributed by atoms with E-state index in [1.54, 1.807) is 30.3 Å². The smallest absolute Gasteiger partial charge is 0.202 e. The lowest BCUT2D eigenvalue weighted by molar-refractivity contribution is 0.0920. The molecule has 6 nitrogen and oxygen atoms in total. The van der Waals surface area contributed by atoms with Crippen molar-refractivity contribution in [3.63, 3.8) is 0 Å². The molecule has 2 heterocycles. The molecular weight excluding hydrogens is 354 g/mol. The van der Waals surface area contributed by atoms with E-state index in [4.69, 9.17) is 4.74 Å². The number of aromatic nitrogens is 1. The van der Waals surface area contributed by atoms with Crippen LogP contribution < -0.4 is 4.74 Å². The third-order valence-corrected chi connectivity index (χ3v) is 6.49. The SMILES string of the molecule is Cc1cc(C(=O)COc2ccc(C=O)cc2)c(C)n1[C@@H]1CCS(=O)(=O)C1. The van der Waals surface area contributed by atoms with E-state index in [9.17, 15) is 18.0 Å². The first kappa shape index (κ1) is 18.4. The second-order valence-electron chi connectivity index (χ2n) is 6.61. The predicted molar refractivity (Wildman–Crippen MR) is 97.9 cm³/mol. The fourth-order valence-corrected chi connectivity index (χ4v) is 5.17. The first-order chi connectivity index (χ1) is 12.3. The zero-order valence-corrected chi connectivity index (χ0v) is 15.6. The Morgan fingerprint density at radius 1 is 1.27 bits per heavy atom. The zero-order valence-electron chi connectivity index (χ0n) is 14.8. The van der Waals surface area contributed by atoms with Crippen LogP contribution in [-0.2, 0) is 9.84 Å². The average molecular weight is 375 g/mol. The molecule has 1 aliphatic heterocycles. The van der Waals surface area contributed by atoms with E-state index in [-0.39, 0.29) is 29.9 Å². The van der Waals surface area contributed by atoms with E-state index in [1.165, 1.54) is 0 Å². The largest absolute Gasteiger partial charge is 0.485 e. The van der Waals surface area contributed by atoms with Crippen LogP contribution in [0.5, 0.6) is 5.75 Å². The predicted octanol–water partition coefficient (Wildman–Crippen LogP) is 2.54. The van der Waals surface area contributed by atoms with Crippen LogP contribution in [0, 0.1) is 13.8 Å². The summed E-state index contributed by atoms with van der Waals surface area (Å²) in [5.74, 6) is 0.665. The summed E-state index contributed by atoms with van der Waals surface area (Å²) in [4.78, 5) is 23.2. The molecule has 0 aliphatic carbocycles. The summed E-state index contributed by atoms with van der Waals surface area (Å²) in [5.41, 5.74) is 2.74. The van der Waals surface area contributed by atoms with Gasteiger partial charge in [0, 0.05) is 28.6 Å². The number of sulfone groups is 1. The number of ketones is 1. The highest BCUT2D eigenvalue weighted by Crippen LogP contribution is 2.29. The van der Waals surface area contributed by atoms with Crippen molar-refractivity contribution < 1.29 is 22.7 Å². The molecule has 1 fully saturated rings. The van der Waals surface area contributed by atoms with Crippen molar-refractivity contribution in [3.8, 4) is 5.75 Å². The maximum Gasteiger partial charge on any atom is 0.202 e. The number of hydrogen-bond acceptors (Lipinski definition) is 5. The van der Waals surface area contributed by atoms with Crippen LogP contribution in [0.3, 0.4) is 0 Å². The normalized spacial score (nSPS) is 18.6. The van der Waals surface area contributed by atoms with Gasteiger partial charge in [-0.25, -0.2) is 8.42 Å². The number of hydrogen-bond donors (Lipinski definition) is 0. The number of Topliss-reactive ketones (excluding diaryl/α,β-unsaturated/α-hetero) is 1. The molecule has 0 spiro atoms. The number of rotatable bonds is 6. The van der Waals surface area contributed by atoms with E-state index < -0.39 is 9.84 Å². The van der Waals surface area contributed by atoms with Crippen LogP contribution in [0.2, 0.25) is 0 Å². The van der Waals surface area contributed by atoms with Crippen LogP contribution in [0.25, 0.3) is 0 Å². The van der Waals surface area contributed by atoms with Crippen molar-refractivity contribution in [3.05, 3.63) is 52.8 Å². The number of carbonyl (C=O) groups excluding carboxylic acids is 2. The lowest BCUT2D eigenvalue weighted by atomic mass is 10.1. The van der Waals surface area contributed by atoms with Gasteiger partial charge in [0.2, 0.25) is 5.78 Å². The quantitative estimate of drug-likeness (QED) is 0.572. The van der Waals surface area contributed by atoms with Crippen molar-refractivity contribution in [2.75, 3.05) is 18.1 Å². The summed E-state index contributed by atoms with van der Waals surface area (Å²) in [6.45, 7) is 3.60. The molecule has 26 heavy (non-hydrogen) atoms. The van der Waals surface area contributed by atoms with Gasteiger partial charge < -0.3 is 9.30 Å². The summed E-state index contributed by atoms with van der Waals surface area (Å²) in [6, 6.07) is 8.21. The summed E-state index contributed by atoms with van der Waals surface area (Å²) in [6.07, 6.45) is 1.32. The Morgan fingerprint density at radius 3 is 2.54 bits per heavy atom. The Balaban J connectivity index is 1.73. The van der Waals surface area contributed by atoms with E-state index >= 15 is 0 Å². The van der Waals surface area contributed by atoms with Crippen molar-refractivity contribution in [2.24, 2.45) is 0 Å². The van der Waals surface area contributed by atoms with Crippen molar-refractivity contribution >= 4 is 21.9 Å². The summed E-state index contributed by atoms with van der Waals surface area (Å²) < 4.78 is 31.0. The second-order valence-corrected chi connectivity index (χ2v) is 8.84. The van der Waals surface area contributed by atoms with Gasteiger partial charge in [0.05, 0.1) is 11.5 Å². The van der Waals surface area contributed by atoms with Gasteiger partial charge in [-0.2, -0.15) is 0 Å². The summed E-state index contributed by atoms with van der Waals surface area (Å²) in [7, 11) is -3.00. The molecule has 1 aromatic heterocycles. The fourth-order valence-electron chi connectivity index (χ4n) is 3.47. The topological polar surface area (TPSA) is 82.4 Å². The Morgan fingerprint density at radius 2 is 1.96 bits per heavy atom. The molecule has 138 valence electrons. The molecule has 0 N–H and O–H groups in total. The molecule has 0 bridgehead atoms. The van der Waals surface area contributed by atoms with Gasteiger partial charge in [-0.15, -0.1) is 0 Å². The number of ether oxygens (including phenoxy) is 1. The summed E-state index contributed by atoms with van der Waals surface area (Å²) in [5, 5.41) is 0. The van der Waals surface area contributed by atoms with Gasteiger partial charge in [-0.1, -0.05) is 0 Å². The van der Waals surface area contributed by atoms with E-state index in [1.807, 2.05) is 18.4 Å². The third-order valence-electron chi connectivity index (χ3n) is 4.74. The standard InChI is InChI=1S/C19H21NO5S/c1-13-9-18(14(2)20(13)16-7-8-26(23,24)12-16)19(22)11-25-17-5-3-15(10-21)4-6-17/h3-6,9-10,16H,7-8,11-12H2,1-2H3/t16-/m1/s1. The molecule has 0 amide bonds. The third kappa shape index (κ3) is 3.72. The molecule has 7 heteroatoms. The van der Waals surface area contributed by atoms with Crippen LogP contribution in [-0.4, -0.2) is 43.2 Å². The van der Waals surface area contributed by atoms with Gasteiger partial charge >= 0.3 is 0 Å². The van der Waals surface area contributed by atoms with E-state index in [0.717, 1.165) is 17.7 Å². The van der Waals surface area contributed by atoms with Crippen LogP contribution in [0.15, 0.2) is 30.3 Å². The van der Waals surface area contributed by atoms with Gasteiger partial charge in [0.15, 0.2) is 16.4 Å². The molecule has 0 unspecified atom stereocenters. The number of aryl methyl sites for hydroxylation is 1. The zero-order chi connectivity index (χ0) is 18.9. The van der Waals surface area contributed by atoms with Crippen molar-refractivity contribution in [2.45, 2.75) is 26.3 Å². The maximum atomic E-state index is 12.6. The molecule has 1 saturated heterocycles. The van der Waals surface area contributed by atoms with Crippen LogP contribution in [0.4, 0.5) is 0 Å². The lowest BCUT2D eigenvalue weighted by Crippen LogP contribution is -2.16. The number of nitrogens with zero attached hydrogens (tertiary/aromatic N) is 1. The summed E-state index contributed by atoms with van der Waals surface area (Å²) >= 11 is 0. The minimum Gasteiger partial charge on any atom is -0.485 e. The highest BCUT2D eigenvalue weighted by atomic mass is 32.2. The minimum atomic E-state index is -3.00. The maximum absolute atomic E-state index is 12.6. The Bertz CT molecular complexity index is 941. The molecule has 1 aliphatic rings. The van der Waals surface area contributed by atoms with Gasteiger partial charge in [0.1, 0.15) is 12.0 Å². The average Bonchev–Trinajstić information content (AvgIpc) is 3.11. The van der Waals surface area contributed by atoms with Gasteiger partial charge in [0.25, 0.3) is 0 Å². The van der Waals surface area contributed by atoms with Crippen molar-refractivity contribution in [1.82, 2.24) is 4.57 Å². The second kappa shape index (κ2) is 7.07. The van der Waals surface area contributed by atoms with Gasteiger partial charge in [-0.3, -0.25) is 9.59 Å². The van der Waals surface area contributed by atoms with Crippen molar-refractivity contribution in [1.29, 1.82) is 0 Å². The van der Waals surface area contributed by atoms with E-state index in [2.05, 4.69) is 0 Å².